The summed E-state index contributed by atoms with van der Waals surface area (Å²) in [5.41, 5.74) is 3.23. The predicted octanol–water partition coefficient (Wildman–Crippen LogP) is -0.0826. The third kappa shape index (κ3) is 1.32. The number of hydrogen-bond donors (Lipinski definition) is 2. The summed E-state index contributed by atoms with van der Waals surface area (Å²) < 4.78 is 0. The van der Waals surface area contributed by atoms with E-state index in [2.05, 4.69) is 5.43 Å². The first-order valence-electron chi connectivity index (χ1n) is 4.48. The Morgan fingerprint density at radius 2 is 2.33 bits per heavy atom. The van der Waals surface area contributed by atoms with E-state index in [1.54, 1.807) is 0 Å². The first-order chi connectivity index (χ1) is 5.77. The molecule has 2 bridgehead atoms. The molecule has 2 N–H and O–H groups in total. The highest BCUT2D eigenvalue weighted by Gasteiger charge is 2.36. The summed E-state index contributed by atoms with van der Waals surface area (Å²) >= 11 is 0. The quantitative estimate of drug-likeness (QED) is 0.578. The van der Waals surface area contributed by atoms with Crippen molar-refractivity contribution in [2.75, 3.05) is 19.6 Å². The van der Waals surface area contributed by atoms with Crippen molar-refractivity contribution in [1.29, 1.82) is 0 Å². The maximum absolute atomic E-state index is 10.8. The molecule has 3 unspecified atom stereocenters. The summed E-state index contributed by atoms with van der Waals surface area (Å²) in [6, 6.07) is 0. The molecule has 3 aliphatic heterocycles. The molecule has 4 heteroatoms. The number of nitrogens with one attached hydrogen (secondary N) is 1. The summed E-state index contributed by atoms with van der Waals surface area (Å²) in [5.74, 6) is -0.379. The highest BCUT2D eigenvalue weighted by atomic mass is 16.4. The molecule has 68 valence electrons. The normalized spacial score (nSPS) is 40.8. The van der Waals surface area contributed by atoms with Crippen LogP contribution in [-0.2, 0) is 4.79 Å². The molecule has 3 fully saturated rings. The van der Waals surface area contributed by atoms with Crippen LogP contribution in [0.1, 0.15) is 12.8 Å². The lowest BCUT2D eigenvalue weighted by atomic mass is 9.85. The van der Waals surface area contributed by atoms with Gasteiger partial charge in [-0.3, -0.25) is 10.2 Å². The van der Waals surface area contributed by atoms with E-state index in [0.717, 1.165) is 25.9 Å². The van der Waals surface area contributed by atoms with E-state index in [9.17, 15) is 4.79 Å². The van der Waals surface area contributed by atoms with Crippen LogP contribution in [0.15, 0.2) is 0 Å². The number of piperidine rings is 1. The van der Waals surface area contributed by atoms with Crippen molar-refractivity contribution in [3.8, 4) is 0 Å². The Balaban J connectivity index is 2.11. The minimum absolute atomic E-state index is 0.145. The van der Waals surface area contributed by atoms with Crippen molar-refractivity contribution in [2.24, 2.45) is 11.8 Å². The number of carboxylic acids is 1. The molecule has 0 aromatic heterocycles. The van der Waals surface area contributed by atoms with Crippen molar-refractivity contribution in [1.82, 2.24) is 10.4 Å². The molecular weight excluding hydrogens is 156 g/mol. The average molecular weight is 170 g/mol. The van der Waals surface area contributed by atoms with E-state index < -0.39 is 5.97 Å². The number of carbonyl (C=O) groups is 1. The number of hydrogen-bond acceptors (Lipinski definition) is 3. The van der Waals surface area contributed by atoms with Crippen molar-refractivity contribution in [2.45, 2.75) is 12.8 Å². The third-order valence-electron chi connectivity index (χ3n) is 2.92. The number of hydrazine groups is 1. The Hall–Kier alpha value is -0.610. The molecule has 0 aromatic carbocycles. The highest BCUT2D eigenvalue weighted by molar-refractivity contribution is 5.70. The molecule has 0 aromatic rings. The molecule has 3 aliphatic rings. The standard InChI is InChI=1S/C8H14N2O2/c11-8(12)7-5-10-4-2-6(7)1-3-9-10/h6-7,9H,1-5H2,(H,11,12). The van der Waals surface area contributed by atoms with Crippen molar-refractivity contribution in [3.63, 3.8) is 0 Å². The second-order valence-corrected chi connectivity index (χ2v) is 3.64. The first kappa shape index (κ1) is 8.01. The summed E-state index contributed by atoms with van der Waals surface area (Å²) in [6.07, 6.45) is 2.04. The molecule has 0 aliphatic carbocycles. The van der Waals surface area contributed by atoms with Crippen LogP contribution in [0.5, 0.6) is 0 Å². The maximum Gasteiger partial charge on any atom is 0.308 e. The fourth-order valence-corrected chi connectivity index (χ4v) is 2.18. The number of fused-ring (bicyclic) bond motifs is 4. The molecule has 3 saturated heterocycles. The molecule has 3 heterocycles. The van der Waals surface area contributed by atoms with Gasteiger partial charge in [-0.1, -0.05) is 0 Å². The van der Waals surface area contributed by atoms with Gasteiger partial charge >= 0.3 is 5.97 Å². The van der Waals surface area contributed by atoms with Gasteiger partial charge in [0, 0.05) is 19.6 Å². The van der Waals surface area contributed by atoms with E-state index in [4.69, 9.17) is 5.11 Å². The van der Waals surface area contributed by atoms with Crippen molar-refractivity contribution >= 4 is 5.97 Å². The summed E-state index contributed by atoms with van der Waals surface area (Å²) in [7, 11) is 0. The zero-order chi connectivity index (χ0) is 8.55. The second-order valence-electron chi connectivity index (χ2n) is 3.64. The van der Waals surface area contributed by atoms with Crippen LogP contribution in [0, 0.1) is 11.8 Å². The molecule has 4 nitrogen and oxygen atoms in total. The van der Waals surface area contributed by atoms with Crippen LogP contribution in [0.25, 0.3) is 0 Å². The molecule has 0 spiro atoms. The molecule has 3 rings (SSSR count). The molecule has 0 saturated carbocycles. The van der Waals surface area contributed by atoms with Gasteiger partial charge in [-0.2, -0.15) is 0 Å². The van der Waals surface area contributed by atoms with Gasteiger partial charge in [0.25, 0.3) is 0 Å². The lowest BCUT2D eigenvalue weighted by Gasteiger charge is -2.31. The Bertz CT molecular complexity index is 191. The van der Waals surface area contributed by atoms with Gasteiger partial charge in [0.1, 0.15) is 0 Å². The van der Waals surface area contributed by atoms with E-state index in [-0.39, 0.29) is 5.92 Å². The summed E-state index contributed by atoms with van der Waals surface area (Å²) in [4.78, 5) is 10.8. The number of rotatable bonds is 1. The van der Waals surface area contributed by atoms with E-state index >= 15 is 0 Å². The smallest absolute Gasteiger partial charge is 0.308 e. The van der Waals surface area contributed by atoms with E-state index in [1.165, 1.54) is 0 Å². The number of aliphatic carboxylic acids is 1. The van der Waals surface area contributed by atoms with Crippen LogP contribution in [-0.4, -0.2) is 35.7 Å². The SMILES string of the molecule is O=C(O)C1CN2CCC1CCN2. The zero-order valence-electron chi connectivity index (χ0n) is 6.99. The monoisotopic (exact) mass is 170 g/mol. The molecule has 0 amide bonds. The zero-order valence-corrected chi connectivity index (χ0v) is 6.99. The Morgan fingerprint density at radius 1 is 1.50 bits per heavy atom. The van der Waals surface area contributed by atoms with Gasteiger partial charge in [-0.15, -0.1) is 0 Å². The maximum atomic E-state index is 10.8. The highest BCUT2D eigenvalue weighted by Crippen LogP contribution is 2.27. The molecular formula is C8H14N2O2. The van der Waals surface area contributed by atoms with Gasteiger partial charge in [-0.05, 0) is 18.8 Å². The Kier molecular flexibility index (Phi) is 2.02. The van der Waals surface area contributed by atoms with Gasteiger partial charge < -0.3 is 5.11 Å². The third-order valence-corrected chi connectivity index (χ3v) is 2.92. The molecule has 3 atom stereocenters. The summed E-state index contributed by atoms with van der Waals surface area (Å²) in [5, 5.41) is 11.0. The lowest BCUT2D eigenvalue weighted by Crippen LogP contribution is -2.45. The van der Waals surface area contributed by atoms with Gasteiger partial charge in [0.05, 0.1) is 5.92 Å². The molecule has 12 heavy (non-hydrogen) atoms. The van der Waals surface area contributed by atoms with E-state index in [0.29, 0.717) is 12.5 Å². The van der Waals surface area contributed by atoms with Crippen LogP contribution >= 0.6 is 0 Å². The first-order valence-corrected chi connectivity index (χ1v) is 4.48. The number of nitrogens with zero attached hydrogens (tertiary/aromatic N) is 1. The Morgan fingerprint density at radius 3 is 3.08 bits per heavy atom. The van der Waals surface area contributed by atoms with Gasteiger partial charge in [0.15, 0.2) is 0 Å². The minimum atomic E-state index is -0.631. The minimum Gasteiger partial charge on any atom is -0.481 e. The van der Waals surface area contributed by atoms with Crippen LogP contribution < -0.4 is 5.43 Å². The topological polar surface area (TPSA) is 52.6 Å². The summed E-state index contributed by atoms with van der Waals surface area (Å²) in [6.45, 7) is 2.63. The van der Waals surface area contributed by atoms with Crippen molar-refractivity contribution in [3.05, 3.63) is 0 Å². The van der Waals surface area contributed by atoms with Gasteiger partial charge in [-0.25, -0.2) is 5.01 Å². The fourth-order valence-electron chi connectivity index (χ4n) is 2.18. The fraction of sp³-hybridized carbons (Fsp3) is 0.875. The second kappa shape index (κ2) is 3.03. The number of carboxylic acid groups (broad SMARTS) is 1. The van der Waals surface area contributed by atoms with Crippen LogP contribution in [0.4, 0.5) is 0 Å². The van der Waals surface area contributed by atoms with Gasteiger partial charge in [0.2, 0.25) is 0 Å². The van der Waals surface area contributed by atoms with Crippen LogP contribution in [0.3, 0.4) is 0 Å². The van der Waals surface area contributed by atoms with Crippen molar-refractivity contribution < 1.29 is 9.90 Å². The average Bonchev–Trinajstić information content (AvgIpc) is 2.36. The predicted molar refractivity (Wildman–Crippen MR) is 43.4 cm³/mol. The lowest BCUT2D eigenvalue weighted by molar-refractivity contribution is -0.145. The molecule has 0 radical (unpaired) electrons. The van der Waals surface area contributed by atoms with E-state index in [1.807, 2.05) is 5.01 Å². The largest absolute Gasteiger partial charge is 0.481 e. The Labute approximate surface area is 71.5 Å². The van der Waals surface area contributed by atoms with Crippen LogP contribution in [0.2, 0.25) is 0 Å².